The summed E-state index contributed by atoms with van der Waals surface area (Å²) in [6, 6.07) is 10.5. The van der Waals surface area contributed by atoms with Crippen molar-refractivity contribution >= 4 is 55.7 Å². The van der Waals surface area contributed by atoms with Crippen molar-refractivity contribution in [1.82, 2.24) is 10.3 Å². The summed E-state index contributed by atoms with van der Waals surface area (Å²) in [5.41, 5.74) is 3.81. The number of aryl methyl sites for hydroxylation is 1. The van der Waals surface area contributed by atoms with Gasteiger partial charge in [0.15, 0.2) is 0 Å². The highest BCUT2D eigenvalue weighted by Gasteiger charge is 2.30. The molecule has 0 radical (unpaired) electrons. The van der Waals surface area contributed by atoms with E-state index in [0.717, 1.165) is 42.3 Å². The van der Waals surface area contributed by atoms with Crippen LogP contribution in [-0.4, -0.2) is 31.6 Å². The SMILES string of the molecule is O=C(NC1CCCc2c1[nH]c1c(Cl)cccc21)c1ccc(Cl)c(N2CCCCS2(=O)=O)c1. The summed E-state index contributed by atoms with van der Waals surface area (Å²) in [6.45, 7) is 0.370. The maximum absolute atomic E-state index is 13.2. The lowest BCUT2D eigenvalue weighted by Gasteiger charge is -2.29. The molecule has 2 aromatic carbocycles. The van der Waals surface area contributed by atoms with Crippen molar-refractivity contribution in [3.63, 3.8) is 0 Å². The monoisotopic (exact) mass is 491 g/mol. The van der Waals surface area contributed by atoms with Gasteiger partial charge >= 0.3 is 0 Å². The van der Waals surface area contributed by atoms with E-state index in [1.165, 1.54) is 9.87 Å². The first-order valence-electron chi connectivity index (χ1n) is 10.7. The number of rotatable bonds is 3. The number of benzene rings is 2. The summed E-state index contributed by atoms with van der Waals surface area (Å²) in [4.78, 5) is 16.6. The second kappa shape index (κ2) is 8.28. The average Bonchev–Trinajstić information content (AvgIpc) is 3.15. The van der Waals surface area contributed by atoms with E-state index in [0.29, 0.717) is 34.3 Å². The van der Waals surface area contributed by atoms with Gasteiger partial charge < -0.3 is 10.3 Å². The molecular formula is C23H23Cl2N3O3S. The first-order chi connectivity index (χ1) is 15.3. The number of anilines is 1. The fraction of sp³-hybridized carbons (Fsp3) is 0.348. The summed E-state index contributed by atoms with van der Waals surface area (Å²) < 4.78 is 26.4. The number of hydrogen-bond donors (Lipinski definition) is 2. The molecule has 2 aliphatic rings. The van der Waals surface area contributed by atoms with Crippen LogP contribution in [0, 0.1) is 0 Å². The Hall–Kier alpha value is -2.22. The Kier molecular flexibility index (Phi) is 5.60. The van der Waals surface area contributed by atoms with Crippen molar-refractivity contribution in [2.45, 2.75) is 38.1 Å². The van der Waals surface area contributed by atoms with Gasteiger partial charge in [0.1, 0.15) is 0 Å². The molecule has 1 aliphatic heterocycles. The van der Waals surface area contributed by atoms with Crippen molar-refractivity contribution in [3.05, 3.63) is 63.3 Å². The van der Waals surface area contributed by atoms with Gasteiger partial charge in [-0.3, -0.25) is 9.10 Å². The van der Waals surface area contributed by atoms with Crippen LogP contribution in [0.3, 0.4) is 0 Å². The fourth-order valence-corrected chi connectivity index (χ4v) is 6.88. The molecule has 1 atom stereocenters. The zero-order chi connectivity index (χ0) is 22.5. The third kappa shape index (κ3) is 3.76. The largest absolute Gasteiger partial charge is 0.355 e. The lowest BCUT2D eigenvalue weighted by molar-refractivity contribution is 0.0932. The van der Waals surface area contributed by atoms with Crippen LogP contribution in [0.4, 0.5) is 5.69 Å². The molecule has 6 nitrogen and oxygen atoms in total. The predicted octanol–water partition coefficient (Wildman–Crippen LogP) is 5.21. The standard InChI is InChI=1S/C23H23Cl2N3O3S/c24-17-10-9-14(13-20(17)28-11-1-2-12-32(28,30)31)23(29)26-19-8-4-6-16-15-5-3-7-18(25)21(15)27-22(16)19/h3,5,7,9-10,13,19,27H,1-2,4,6,8,11-12H2,(H,26,29). The number of carbonyl (C=O) groups excluding carboxylic acids is 1. The molecule has 2 heterocycles. The van der Waals surface area contributed by atoms with Crippen molar-refractivity contribution in [2.24, 2.45) is 0 Å². The van der Waals surface area contributed by atoms with Gasteiger partial charge in [-0.1, -0.05) is 35.3 Å². The van der Waals surface area contributed by atoms with E-state index in [9.17, 15) is 13.2 Å². The van der Waals surface area contributed by atoms with E-state index >= 15 is 0 Å². The first-order valence-corrected chi connectivity index (χ1v) is 13.1. The summed E-state index contributed by atoms with van der Waals surface area (Å²) in [7, 11) is -3.43. The molecule has 1 fully saturated rings. The normalized spacial score (nSPS) is 20.2. The molecule has 1 aliphatic carbocycles. The van der Waals surface area contributed by atoms with E-state index in [-0.39, 0.29) is 17.7 Å². The molecule has 32 heavy (non-hydrogen) atoms. The van der Waals surface area contributed by atoms with E-state index in [1.807, 2.05) is 18.2 Å². The lowest BCUT2D eigenvalue weighted by atomic mass is 9.91. The molecule has 1 amide bonds. The zero-order valence-electron chi connectivity index (χ0n) is 17.3. The number of aromatic nitrogens is 1. The molecule has 9 heteroatoms. The molecule has 1 unspecified atom stereocenters. The van der Waals surface area contributed by atoms with Crippen molar-refractivity contribution < 1.29 is 13.2 Å². The minimum Gasteiger partial charge on any atom is -0.355 e. The molecule has 1 aromatic heterocycles. The fourth-order valence-electron chi connectivity index (χ4n) is 4.74. The summed E-state index contributed by atoms with van der Waals surface area (Å²) in [5, 5.41) is 5.19. The Bertz CT molecular complexity index is 1320. The van der Waals surface area contributed by atoms with Crippen LogP contribution in [0.5, 0.6) is 0 Å². The number of para-hydroxylation sites is 1. The highest BCUT2D eigenvalue weighted by atomic mass is 35.5. The van der Waals surface area contributed by atoms with Crippen molar-refractivity contribution in [2.75, 3.05) is 16.6 Å². The molecule has 0 spiro atoms. The number of sulfonamides is 1. The molecule has 5 rings (SSSR count). The van der Waals surface area contributed by atoms with Crippen LogP contribution in [-0.2, 0) is 16.4 Å². The summed E-state index contributed by atoms with van der Waals surface area (Å²) >= 11 is 12.7. The van der Waals surface area contributed by atoms with Gasteiger partial charge in [0, 0.05) is 23.2 Å². The Morgan fingerprint density at radius 1 is 1.09 bits per heavy atom. The van der Waals surface area contributed by atoms with Gasteiger partial charge in [-0.15, -0.1) is 0 Å². The van der Waals surface area contributed by atoms with Crippen LogP contribution in [0.25, 0.3) is 10.9 Å². The first kappa shape index (κ1) is 21.6. The van der Waals surface area contributed by atoms with Crippen molar-refractivity contribution in [1.29, 1.82) is 0 Å². The van der Waals surface area contributed by atoms with Crippen molar-refractivity contribution in [3.8, 4) is 0 Å². The number of aromatic amines is 1. The quantitative estimate of drug-likeness (QED) is 0.527. The third-order valence-corrected chi connectivity index (χ3v) is 8.81. The number of carbonyl (C=O) groups is 1. The summed E-state index contributed by atoms with van der Waals surface area (Å²) in [6.07, 6.45) is 4.09. The Morgan fingerprint density at radius 3 is 2.75 bits per heavy atom. The van der Waals surface area contributed by atoms with Gasteiger partial charge in [-0.05, 0) is 61.9 Å². The molecular weight excluding hydrogens is 469 g/mol. The highest BCUT2D eigenvalue weighted by molar-refractivity contribution is 7.92. The Labute approximate surface area is 196 Å². The number of fused-ring (bicyclic) bond motifs is 3. The second-order valence-electron chi connectivity index (χ2n) is 8.36. The van der Waals surface area contributed by atoms with E-state index in [4.69, 9.17) is 23.2 Å². The molecule has 0 saturated carbocycles. The van der Waals surface area contributed by atoms with E-state index in [2.05, 4.69) is 10.3 Å². The Balaban J connectivity index is 1.44. The van der Waals surface area contributed by atoms with Crippen LogP contribution < -0.4 is 9.62 Å². The van der Waals surface area contributed by atoms with Gasteiger partial charge in [0.05, 0.1) is 33.0 Å². The number of H-pyrrole nitrogens is 1. The van der Waals surface area contributed by atoms with Crippen LogP contribution in [0.2, 0.25) is 10.0 Å². The van der Waals surface area contributed by atoms with Crippen LogP contribution in [0.15, 0.2) is 36.4 Å². The smallest absolute Gasteiger partial charge is 0.251 e. The average molecular weight is 492 g/mol. The minimum atomic E-state index is -3.43. The van der Waals surface area contributed by atoms with E-state index in [1.54, 1.807) is 18.2 Å². The molecule has 168 valence electrons. The molecule has 0 bridgehead atoms. The molecule has 2 N–H and O–H groups in total. The molecule has 1 saturated heterocycles. The predicted molar refractivity (Wildman–Crippen MR) is 128 cm³/mol. The van der Waals surface area contributed by atoms with Gasteiger partial charge in [-0.25, -0.2) is 8.42 Å². The van der Waals surface area contributed by atoms with Crippen LogP contribution >= 0.6 is 23.2 Å². The Morgan fingerprint density at radius 2 is 1.94 bits per heavy atom. The number of nitrogens with zero attached hydrogens (tertiary/aromatic N) is 1. The highest BCUT2D eigenvalue weighted by Crippen LogP contribution is 2.37. The second-order valence-corrected chi connectivity index (χ2v) is 11.2. The van der Waals surface area contributed by atoms with Gasteiger partial charge in [0.2, 0.25) is 10.0 Å². The van der Waals surface area contributed by atoms with E-state index < -0.39 is 10.0 Å². The number of halogens is 2. The lowest BCUT2D eigenvalue weighted by Crippen LogP contribution is -2.38. The topological polar surface area (TPSA) is 82.3 Å². The third-order valence-electron chi connectivity index (χ3n) is 6.32. The van der Waals surface area contributed by atoms with Gasteiger partial charge in [0.25, 0.3) is 5.91 Å². The van der Waals surface area contributed by atoms with Gasteiger partial charge in [-0.2, -0.15) is 0 Å². The number of nitrogens with one attached hydrogen (secondary N) is 2. The number of hydrogen-bond acceptors (Lipinski definition) is 3. The zero-order valence-corrected chi connectivity index (χ0v) is 19.7. The molecule has 3 aromatic rings. The van der Waals surface area contributed by atoms with Crippen LogP contribution in [0.1, 0.15) is 53.3 Å². The minimum absolute atomic E-state index is 0.0908. The maximum atomic E-state index is 13.2. The number of amides is 1. The maximum Gasteiger partial charge on any atom is 0.251 e. The summed E-state index contributed by atoms with van der Waals surface area (Å²) in [5.74, 6) is -0.173.